The number of halogens is 1. The van der Waals surface area contributed by atoms with E-state index >= 15 is 0 Å². The van der Waals surface area contributed by atoms with E-state index in [4.69, 9.17) is 28.6 Å². The van der Waals surface area contributed by atoms with Gasteiger partial charge in [0.1, 0.15) is 5.75 Å². The molecule has 0 spiro atoms. The number of nitrogens with one attached hydrogen (secondary N) is 3. The second-order valence-corrected chi connectivity index (χ2v) is 6.39. The molecule has 0 radical (unpaired) electrons. The van der Waals surface area contributed by atoms with Crippen LogP contribution in [0.1, 0.15) is 16.7 Å². The molecule has 2 rings (SSSR count). The van der Waals surface area contributed by atoms with Crippen LogP contribution in [0.2, 0.25) is 5.02 Å². The van der Waals surface area contributed by atoms with Gasteiger partial charge < -0.3 is 10.1 Å². The first-order chi connectivity index (χ1) is 11.9. The topological polar surface area (TPSA) is 62.4 Å². The highest BCUT2D eigenvalue weighted by Gasteiger charge is 2.06. The predicted molar refractivity (Wildman–Crippen MR) is 105 cm³/mol. The van der Waals surface area contributed by atoms with Gasteiger partial charge in [-0.3, -0.25) is 15.6 Å². The van der Waals surface area contributed by atoms with E-state index in [-0.39, 0.29) is 12.5 Å². The zero-order chi connectivity index (χ0) is 18.4. The van der Waals surface area contributed by atoms with Gasteiger partial charge in [0, 0.05) is 10.7 Å². The normalized spacial score (nSPS) is 10.1. The molecule has 0 aliphatic carbocycles. The van der Waals surface area contributed by atoms with Crippen LogP contribution in [0, 0.1) is 20.8 Å². The van der Waals surface area contributed by atoms with Crippen LogP contribution in [0.5, 0.6) is 5.75 Å². The number of amides is 1. The first-order valence-electron chi connectivity index (χ1n) is 7.68. The Hall–Kier alpha value is -2.31. The van der Waals surface area contributed by atoms with Crippen LogP contribution in [0.25, 0.3) is 0 Å². The molecular formula is C18H20ClN3O2S. The Bertz CT molecular complexity index is 796. The van der Waals surface area contributed by atoms with E-state index in [1.54, 1.807) is 18.2 Å². The molecule has 2 aromatic rings. The number of thiocarbonyl (C=S) groups is 1. The van der Waals surface area contributed by atoms with Crippen molar-refractivity contribution in [3.05, 3.63) is 58.1 Å². The van der Waals surface area contributed by atoms with E-state index in [0.29, 0.717) is 15.9 Å². The van der Waals surface area contributed by atoms with Crippen molar-refractivity contribution in [2.75, 3.05) is 11.9 Å². The molecule has 25 heavy (non-hydrogen) atoms. The van der Waals surface area contributed by atoms with Crippen molar-refractivity contribution in [1.82, 2.24) is 10.9 Å². The Morgan fingerprint density at radius 2 is 1.88 bits per heavy atom. The largest absolute Gasteiger partial charge is 0.484 e. The van der Waals surface area contributed by atoms with Crippen molar-refractivity contribution in [2.45, 2.75) is 20.8 Å². The van der Waals surface area contributed by atoms with Crippen molar-refractivity contribution in [2.24, 2.45) is 0 Å². The van der Waals surface area contributed by atoms with Gasteiger partial charge in [0.25, 0.3) is 5.91 Å². The van der Waals surface area contributed by atoms with Gasteiger partial charge in [-0.25, -0.2) is 0 Å². The summed E-state index contributed by atoms with van der Waals surface area (Å²) in [7, 11) is 0. The van der Waals surface area contributed by atoms with Crippen LogP contribution >= 0.6 is 23.8 Å². The summed E-state index contributed by atoms with van der Waals surface area (Å²) in [5, 5.41) is 3.99. The molecule has 2 aromatic carbocycles. The Kier molecular flexibility index (Phi) is 6.61. The van der Waals surface area contributed by atoms with Crippen LogP contribution in [-0.4, -0.2) is 17.6 Å². The van der Waals surface area contributed by atoms with Gasteiger partial charge in [-0.1, -0.05) is 23.7 Å². The lowest BCUT2D eigenvalue weighted by Gasteiger charge is -2.14. The highest BCUT2D eigenvalue weighted by Crippen LogP contribution is 2.21. The van der Waals surface area contributed by atoms with Gasteiger partial charge in [-0.15, -0.1) is 0 Å². The molecule has 0 saturated heterocycles. The van der Waals surface area contributed by atoms with Gasteiger partial charge in [0.05, 0.1) is 0 Å². The van der Waals surface area contributed by atoms with E-state index < -0.39 is 0 Å². The highest BCUT2D eigenvalue weighted by molar-refractivity contribution is 7.80. The maximum atomic E-state index is 11.8. The second kappa shape index (κ2) is 8.69. The number of benzene rings is 2. The highest BCUT2D eigenvalue weighted by atomic mass is 35.5. The number of ether oxygens (including phenoxy) is 1. The minimum Gasteiger partial charge on any atom is -0.484 e. The number of carbonyl (C=O) groups is 1. The SMILES string of the molecule is Cc1cc(OCC(=O)NNC(=S)Nc2cccc(C)c2C)ccc1Cl. The van der Waals surface area contributed by atoms with E-state index in [9.17, 15) is 4.79 Å². The van der Waals surface area contributed by atoms with Crippen molar-refractivity contribution >= 4 is 40.5 Å². The van der Waals surface area contributed by atoms with E-state index in [1.165, 1.54) is 0 Å². The molecular weight excluding hydrogens is 358 g/mol. The average Bonchev–Trinajstić information content (AvgIpc) is 2.58. The molecule has 0 heterocycles. The molecule has 7 heteroatoms. The molecule has 0 atom stereocenters. The Balaban J connectivity index is 1.78. The van der Waals surface area contributed by atoms with Gasteiger partial charge >= 0.3 is 0 Å². The monoisotopic (exact) mass is 377 g/mol. The lowest BCUT2D eigenvalue weighted by atomic mass is 10.1. The summed E-state index contributed by atoms with van der Waals surface area (Å²) in [6.07, 6.45) is 0. The van der Waals surface area contributed by atoms with Crippen molar-refractivity contribution in [1.29, 1.82) is 0 Å². The summed E-state index contributed by atoms with van der Waals surface area (Å²) in [6.45, 7) is 5.75. The van der Waals surface area contributed by atoms with Gasteiger partial charge in [-0.2, -0.15) is 0 Å². The first-order valence-corrected chi connectivity index (χ1v) is 8.46. The predicted octanol–water partition coefficient (Wildman–Crippen LogP) is 3.66. The van der Waals surface area contributed by atoms with Crippen LogP contribution in [-0.2, 0) is 4.79 Å². The average molecular weight is 378 g/mol. The lowest BCUT2D eigenvalue weighted by Crippen LogP contribution is -2.45. The summed E-state index contributed by atoms with van der Waals surface area (Å²) >= 11 is 11.1. The van der Waals surface area contributed by atoms with Crippen LogP contribution in [0.15, 0.2) is 36.4 Å². The third-order valence-corrected chi connectivity index (χ3v) is 4.30. The molecule has 0 aliphatic heterocycles. The van der Waals surface area contributed by atoms with E-state index in [1.807, 2.05) is 39.0 Å². The maximum absolute atomic E-state index is 11.8. The number of rotatable bonds is 4. The van der Waals surface area contributed by atoms with Crippen molar-refractivity contribution < 1.29 is 9.53 Å². The zero-order valence-electron chi connectivity index (χ0n) is 14.3. The zero-order valence-corrected chi connectivity index (χ0v) is 15.8. The molecule has 0 unspecified atom stereocenters. The summed E-state index contributed by atoms with van der Waals surface area (Å²) in [6, 6.07) is 11.1. The molecule has 0 fully saturated rings. The fraction of sp³-hybridized carbons (Fsp3) is 0.222. The molecule has 0 aliphatic rings. The number of hydrogen-bond acceptors (Lipinski definition) is 3. The summed E-state index contributed by atoms with van der Waals surface area (Å²) in [4.78, 5) is 11.8. The maximum Gasteiger partial charge on any atom is 0.276 e. The molecule has 3 N–H and O–H groups in total. The van der Waals surface area contributed by atoms with Gasteiger partial charge in [0.15, 0.2) is 11.7 Å². The van der Waals surface area contributed by atoms with Crippen molar-refractivity contribution in [3.63, 3.8) is 0 Å². The van der Waals surface area contributed by atoms with Crippen LogP contribution < -0.4 is 20.9 Å². The standard InChI is InChI=1S/C18H20ClN3O2S/c1-11-5-4-6-16(13(11)3)20-18(25)22-21-17(23)10-24-14-7-8-15(19)12(2)9-14/h4-9H,10H2,1-3H3,(H,21,23)(H2,20,22,25). The third-order valence-electron chi connectivity index (χ3n) is 3.67. The molecule has 5 nitrogen and oxygen atoms in total. The lowest BCUT2D eigenvalue weighted by molar-refractivity contribution is -0.123. The minimum absolute atomic E-state index is 0.139. The Morgan fingerprint density at radius 3 is 2.60 bits per heavy atom. The van der Waals surface area contributed by atoms with Gasteiger partial charge in [0.2, 0.25) is 0 Å². The summed E-state index contributed by atoms with van der Waals surface area (Å²) in [5.74, 6) is 0.228. The number of hydrazine groups is 1. The molecule has 132 valence electrons. The molecule has 1 amide bonds. The summed E-state index contributed by atoms with van der Waals surface area (Å²) < 4.78 is 5.41. The number of anilines is 1. The minimum atomic E-state index is -0.349. The quantitative estimate of drug-likeness (QED) is 0.560. The summed E-state index contributed by atoms with van der Waals surface area (Å²) in [5.41, 5.74) is 9.17. The smallest absolute Gasteiger partial charge is 0.276 e. The number of hydrogen-bond donors (Lipinski definition) is 3. The van der Waals surface area contributed by atoms with E-state index in [2.05, 4.69) is 16.2 Å². The van der Waals surface area contributed by atoms with E-state index in [0.717, 1.165) is 22.4 Å². The van der Waals surface area contributed by atoms with Crippen LogP contribution in [0.3, 0.4) is 0 Å². The van der Waals surface area contributed by atoms with Crippen LogP contribution in [0.4, 0.5) is 5.69 Å². The Morgan fingerprint density at radius 1 is 1.12 bits per heavy atom. The second-order valence-electron chi connectivity index (χ2n) is 5.57. The fourth-order valence-corrected chi connectivity index (χ4v) is 2.34. The van der Waals surface area contributed by atoms with Crippen molar-refractivity contribution in [3.8, 4) is 5.75 Å². The number of aryl methyl sites for hydroxylation is 2. The molecule has 0 bridgehead atoms. The first kappa shape index (κ1) is 19.0. The molecule has 0 aromatic heterocycles. The third kappa shape index (κ3) is 5.62. The molecule has 0 saturated carbocycles. The number of carbonyl (C=O) groups excluding carboxylic acids is 1. The Labute approximate surface area is 157 Å². The van der Waals surface area contributed by atoms with Gasteiger partial charge in [-0.05, 0) is 73.9 Å². The fourth-order valence-electron chi connectivity index (χ4n) is 2.06.